The monoisotopic (exact) mass is 267 g/mol. The van der Waals surface area contributed by atoms with Crippen LogP contribution in [-0.4, -0.2) is 36.5 Å². The molecule has 0 aromatic carbocycles. The molecule has 2 aliphatic rings. The Morgan fingerprint density at radius 1 is 1.21 bits per heavy atom. The molecule has 0 aromatic rings. The molecule has 0 spiro atoms. The summed E-state index contributed by atoms with van der Waals surface area (Å²) in [5, 5.41) is 0. The maximum Gasteiger partial charge on any atom is 0.310 e. The normalized spacial score (nSPS) is 31.3. The van der Waals surface area contributed by atoms with E-state index in [9.17, 15) is 9.59 Å². The highest BCUT2D eigenvalue weighted by molar-refractivity contribution is 5.81. The summed E-state index contributed by atoms with van der Waals surface area (Å²) < 4.78 is 5.08. The second-order valence-corrected chi connectivity index (χ2v) is 5.89. The minimum atomic E-state index is -0.139. The van der Waals surface area contributed by atoms with Crippen molar-refractivity contribution < 1.29 is 14.3 Å². The van der Waals surface area contributed by atoms with Gasteiger partial charge in [0.05, 0.1) is 12.5 Å². The van der Waals surface area contributed by atoms with Gasteiger partial charge >= 0.3 is 5.97 Å². The molecule has 108 valence electrons. The van der Waals surface area contributed by atoms with Gasteiger partial charge in [-0.1, -0.05) is 13.3 Å². The van der Waals surface area contributed by atoms with Crippen molar-refractivity contribution in [1.82, 2.24) is 4.90 Å². The molecule has 1 heterocycles. The fourth-order valence-corrected chi connectivity index (χ4v) is 3.38. The Morgan fingerprint density at radius 3 is 2.63 bits per heavy atom. The average Bonchev–Trinajstić information content (AvgIpc) is 2.84. The first-order valence-corrected chi connectivity index (χ1v) is 7.59. The minimum absolute atomic E-state index is 0.116. The highest BCUT2D eigenvalue weighted by Crippen LogP contribution is 2.33. The number of likely N-dealkylation sites (tertiary alicyclic amines) is 1. The summed E-state index contributed by atoms with van der Waals surface area (Å²) in [7, 11) is 0. The van der Waals surface area contributed by atoms with Crippen LogP contribution in [0.1, 0.15) is 46.0 Å². The van der Waals surface area contributed by atoms with Gasteiger partial charge in [-0.2, -0.15) is 0 Å². The summed E-state index contributed by atoms with van der Waals surface area (Å²) >= 11 is 0. The number of amides is 1. The van der Waals surface area contributed by atoms with Crippen LogP contribution in [0.15, 0.2) is 0 Å². The van der Waals surface area contributed by atoms with E-state index in [1.165, 1.54) is 0 Å². The first-order chi connectivity index (χ1) is 9.13. The van der Waals surface area contributed by atoms with Gasteiger partial charge in [0.25, 0.3) is 0 Å². The maximum absolute atomic E-state index is 12.5. The van der Waals surface area contributed by atoms with Gasteiger partial charge in [-0.15, -0.1) is 0 Å². The lowest BCUT2D eigenvalue weighted by Crippen LogP contribution is -2.45. The molecule has 0 bridgehead atoms. The van der Waals surface area contributed by atoms with Crippen molar-refractivity contribution in [3.8, 4) is 0 Å². The van der Waals surface area contributed by atoms with Gasteiger partial charge < -0.3 is 9.64 Å². The third-order valence-corrected chi connectivity index (χ3v) is 4.53. The molecule has 2 fully saturated rings. The Labute approximate surface area is 115 Å². The second kappa shape index (κ2) is 6.40. The minimum Gasteiger partial charge on any atom is -0.466 e. The first-order valence-electron chi connectivity index (χ1n) is 7.59. The smallest absolute Gasteiger partial charge is 0.310 e. The Kier molecular flexibility index (Phi) is 4.83. The fraction of sp³-hybridized carbons (Fsp3) is 0.867. The lowest BCUT2D eigenvalue weighted by atomic mass is 9.93. The molecule has 0 N–H and O–H groups in total. The van der Waals surface area contributed by atoms with Crippen molar-refractivity contribution in [3.05, 3.63) is 0 Å². The number of hydrogen-bond acceptors (Lipinski definition) is 3. The highest BCUT2D eigenvalue weighted by atomic mass is 16.5. The summed E-state index contributed by atoms with van der Waals surface area (Å²) in [6.45, 7) is 5.77. The molecular weight excluding hydrogens is 242 g/mol. The fourth-order valence-electron chi connectivity index (χ4n) is 3.38. The lowest BCUT2D eigenvalue weighted by molar-refractivity contribution is -0.152. The molecule has 2 unspecified atom stereocenters. The van der Waals surface area contributed by atoms with Crippen LogP contribution >= 0.6 is 0 Å². The van der Waals surface area contributed by atoms with Gasteiger partial charge in [-0.3, -0.25) is 9.59 Å². The molecule has 3 atom stereocenters. The number of piperidine rings is 1. The third-order valence-electron chi connectivity index (χ3n) is 4.53. The van der Waals surface area contributed by atoms with Gasteiger partial charge in [-0.25, -0.2) is 0 Å². The Balaban J connectivity index is 1.93. The standard InChI is InChI=1S/C15H25NO3/c1-3-19-15(18)12-7-5-9-16(10-12)14(17)13-8-4-6-11(13)2/h11-13H,3-10H2,1-2H3/t11?,12-,13?/m1/s1. The maximum atomic E-state index is 12.5. The van der Waals surface area contributed by atoms with Crippen LogP contribution in [0.4, 0.5) is 0 Å². The van der Waals surface area contributed by atoms with E-state index in [-0.39, 0.29) is 23.7 Å². The zero-order chi connectivity index (χ0) is 13.8. The Bertz CT molecular complexity index is 342. The predicted octanol–water partition coefficient (Wildman–Crippen LogP) is 2.22. The molecule has 19 heavy (non-hydrogen) atoms. The summed E-state index contributed by atoms with van der Waals surface area (Å²) in [5.41, 5.74) is 0. The molecule has 4 heteroatoms. The van der Waals surface area contributed by atoms with E-state index in [0.29, 0.717) is 19.1 Å². The molecule has 1 aliphatic heterocycles. The molecule has 0 radical (unpaired) electrons. The van der Waals surface area contributed by atoms with Crippen molar-refractivity contribution in [3.63, 3.8) is 0 Å². The van der Waals surface area contributed by atoms with E-state index in [2.05, 4.69) is 6.92 Å². The molecule has 1 saturated heterocycles. The average molecular weight is 267 g/mol. The van der Waals surface area contributed by atoms with Crippen molar-refractivity contribution >= 4 is 11.9 Å². The number of esters is 1. The molecular formula is C15H25NO3. The number of carbonyl (C=O) groups excluding carboxylic acids is 2. The molecule has 1 amide bonds. The van der Waals surface area contributed by atoms with Gasteiger partial charge in [-0.05, 0) is 38.5 Å². The van der Waals surface area contributed by atoms with Crippen LogP contribution in [-0.2, 0) is 14.3 Å². The SMILES string of the molecule is CCOC(=O)[C@@H]1CCCN(C(=O)C2CCCC2C)C1. The third kappa shape index (κ3) is 3.28. The number of ether oxygens (including phenoxy) is 1. The van der Waals surface area contributed by atoms with Gasteiger partial charge in [0.2, 0.25) is 5.91 Å². The van der Waals surface area contributed by atoms with E-state index in [4.69, 9.17) is 4.74 Å². The largest absolute Gasteiger partial charge is 0.466 e. The number of rotatable bonds is 3. The van der Waals surface area contributed by atoms with Gasteiger partial charge in [0, 0.05) is 19.0 Å². The Hall–Kier alpha value is -1.06. The summed E-state index contributed by atoms with van der Waals surface area (Å²) in [5.74, 6) is 0.684. The number of hydrogen-bond donors (Lipinski definition) is 0. The predicted molar refractivity (Wildman–Crippen MR) is 72.4 cm³/mol. The molecule has 1 saturated carbocycles. The second-order valence-electron chi connectivity index (χ2n) is 5.89. The van der Waals surface area contributed by atoms with Crippen LogP contribution in [0.25, 0.3) is 0 Å². The lowest BCUT2D eigenvalue weighted by Gasteiger charge is -2.34. The summed E-state index contributed by atoms with van der Waals surface area (Å²) in [4.78, 5) is 26.2. The van der Waals surface area contributed by atoms with Crippen molar-refractivity contribution in [2.75, 3.05) is 19.7 Å². The molecule has 4 nitrogen and oxygen atoms in total. The quantitative estimate of drug-likeness (QED) is 0.737. The van der Waals surface area contributed by atoms with Crippen LogP contribution in [0.5, 0.6) is 0 Å². The topological polar surface area (TPSA) is 46.6 Å². The van der Waals surface area contributed by atoms with Gasteiger partial charge in [0.1, 0.15) is 0 Å². The van der Waals surface area contributed by atoms with Gasteiger partial charge in [0.15, 0.2) is 0 Å². The highest BCUT2D eigenvalue weighted by Gasteiger charge is 2.36. The zero-order valence-electron chi connectivity index (χ0n) is 12.1. The molecule has 1 aliphatic carbocycles. The number of carbonyl (C=O) groups is 2. The Morgan fingerprint density at radius 2 is 2.00 bits per heavy atom. The van der Waals surface area contributed by atoms with E-state index in [0.717, 1.165) is 38.6 Å². The summed E-state index contributed by atoms with van der Waals surface area (Å²) in [6.07, 6.45) is 5.10. The van der Waals surface area contributed by atoms with Crippen molar-refractivity contribution in [2.45, 2.75) is 46.0 Å². The first kappa shape index (κ1) is 14.4. The molecule has 2 rings (SSSR count). The van der Waals surface area contributed by atoms with Crippen molar-refractivity contribution in [1.29, 1.82) is 0 Å². The van der Waals surface area contributed by atoms with Crippen molar-refractivity contribution in [2.24, 2.45) is 17.8 Å². The van der Waals surface area contributed by atoms with E-state index >= 15 is 0 Å². The zero-order valence-corrected chi connectivity index (χ0v) is 12.1. The molecule has 0 aromatic heterocycles. The summed E-state index contributed by atoms with van der Waals surface area (Å²) in [6, 6.07) is 0. The van der Waals surface area contributed by atoms with Crippen LogP contribution in [0, 0.1) is 17.8 Å². The number of nitrogens with zero attached hydrogens (tertiary/aromatic N) is 1. The van der Waals surface area contributed by atoms with Crippen LogP contribution in [0.2, 0.25) is 0 Å². The van der Waals surface area contributed by atoms with Crippen LogP contribution in [0.3, 0.4) is 0 Å². The van der Waals surface area contributed by atoms with Crippen LogP contribution < -0.4 is 0 Å². The van der Waals surface area contributed by atoms with E-state index < -0.39 is 0 Å². The van der Waals surface area contributed by atoms with E-state index in [1.54, 1.807) is 0 Å². The van der Waals surface area contributed by atoms with E-state index in [1.807, 2.05) is 11.8 Å².